The maximum Gasteiger partial charge on any atom is 0.180 e. The van der Waals surface area contributed by atoms with Crippen molar-refractivity contribution >= 4 is 27.5 Å². The third-order valence-electron chi connectivity index (χ3n) is 3.08. The number of Topliss-reactive ketones (excluding diaryl/α,β-unsaturated/α-hetero) is 1. The number of alkyl halides is 1. The summed E-state index contributed by atoms with van der Waals surface area (Å²) in [5.41, 5.74) is 8.38. The number of aryl methyl sites for hydroxylation is 1. The zero-order chi connectivity index (χ0) is 14.5. The van der Waals surface area contributed by atoms with Gasteiger partial charge in [0, 0.05) is 11.8 Å². The number of carbonyl (C=O) groups excluding carboxylic acids is 1. The van der Waals surface area contributed by atoms with E-state index in [9.17, 15) is 4.79 Å². The van der Waals surface area contributed by atoms with Crippen molar-refractivity contribution in [2.45, 2.75) is 24.6 Å². The molecule has 0 amide bonds. The number of pyridine rings is 1. The van der Waals surface area contributed by atoms with Crippen molar-refractivity contribution in [3.05, 3.63) is 59.3 Å². The SMILES string of the molecule is CCCc1cccc(C(=O)[C@@H](Br)c2ccnc(N)c2)c1. The van der Waals surface area contributed by atoms with E-state index in [0.717, 1.165) is 18.4 Å². The first-order valence-electron chi connectivity index (χ1n) is 6.60. The minimum Gasteiger partial charge on any atom is -0.384 e. The van der Waals surface area contributed by atoms with E-state index < -0.39 is 4.83 Å². The second-order valence-corrected chi connectivity index (χ2v) is 5.61. The van der Waals surface area contributed by atoms with Crippen molar-refractivity contribution in [3.63, 3.8) is 0 Å². The van der Waals surface area contributed by atoms with Crippen molar-refractivity contribution in [3.8, 4) is 0 Å². The zero-order valence-electron chi connectivity index (χ0n) is 11.3. The van der Waals surface area contributed by atoms with Crippen LogP contribution in [0.4, 0.5) is 5.82 Å². The lowest BCUT2D eigenvalue weighted by Gasteiger charge is -2.10. The van der Waals surface area contributed by atoms with Crippen LogP contribution >= 0.6 is 15.9 Å². The van der Waals surface area contributed by atoms with Crippen LogP contribution in [0.1, 0.15) is 39.7 Å². The molecule has 0 fully saturated rings. The average molecular weight is 333 g/mol. The van der Waals surface area contributed by atoms with Crippen LogP contribution < -0.4 is 5.73 Å². The Morgan fingerprint density at radius 3 is 2.85 bits per heavy atom. The minimum atomic E-state index is -0.398. The van der Waals surface area contributed by atoms with Crippen molar-refractivity contribution in [2.24, 2.45) is 0 Å². The number of halogens is 1. The van der Waals surface area contributed by atoms with E-state index in [2.05, 4.69) is 27.8 Å². The van der Waals surface area contributed by atoms with Gasteiger partial charge in [-0.3, -0.25) is 4.79 Å². The molecule has 0 unspecified atom stereocenters. The standard InChI is InChI=1S/C16H17BrN2O/c1-2-4-11-5-3-6-13(9-11)16(20)15(17)12-7-8-19-14(18)10-12/h3,5-10,15H,2,4H2,1H3,(H2,18,19)/t15-/m0/s1. The fourth-order valence-corrected chi connectivity index (χ4v) is 2.64. The summed E-state index contributed by atoms with van der Waals surface area (Å²) in [6, 6.07) is 11.3. The summed E-state index contributed by atoms with van der Waals surface area (Å²) in [6.45, 7) is 2.13. The largest absolute Gasteiger partial charge is 0.384 e. The van der Waals surface area contributed by atoms with Gasteiger partial charge in [-0.25, -0.2) is 4.98 Å². The topological polar surface area (TPSA) is 56.0 Å². The summed E-state index contributed by atoms with van der Waals surface area (Å²) >= 11 is 3.45. The molecule has 2 rings (SSSR count). The molecule has 0 aliphatic rings. The van der Waals surface area contributed by atoms with Crippen molar-refractivity contribution in [2.75, 3.05) is 5.73 Å². The number of rotatable bonds is 5. The average Bonchev–Trinajstić information content (AvgIpc) is 2.46. The Labute approximate surface area is 127 Å². The summed E-state index contributed by atoms with van der Waals surface area (Å²) in [4.78, 5) is 16.0. The lowest BCUT2D eigenvalue weighted by Crippen LogP contribution is -2.08. The normalized spacial score (nSPS) is 12.1. The van der Waals surface area contributed by atoms with Crippen LogP contribution in [0.3, 0.4) is 0 Å². The van der Waals surface area contributed by atoms with E-state index in [1.54, 1.807) is 18.3 Å². The summed E-state index contributed by atoms with van der Waals surface area (Å²) in [6.07, 6.45) is 3.66. The molecule has 4 heteroatoms. The molecule has 2 N–H and O–H groups in total. The lowest BCUT2D eigenvalue weighted by molar-refractivity contribution is 0.0991. The van der Waals surface area contributed by atoms with Crippen molar-refractivity contribution < 1.29 is 4.79 Å². The highest BCUT2D eigenvalue weighted by atomic mass is 79.9. The number of nitrogens with two attached hydrogens (primary N) is 1. The molecule has 0 saturated heterocycles. The molecule has 0 saturated carbocycles. The highest BCUT2D eigenvalue weighted by Crippen LogP contribution is 2.28. The van der Waals surface area contributed by atoms with Gasteiger partial charge < -0.3 is 5.73 Å². The Kier molecular flexibility index (Phi) is 4.90. The molecule has 1 atom stereocenters. The Bertz CT molecular complexity index is 613. The van der Waals surface area contributed by atoms with Gasteiger partial charge in [0.2, 0.25) is 0 Å². The Morgan fingerprint density at radius 1 is 1.35 bits per heavy atom. The van der Waals surface area contributed by atoms with Crippen LogP contribution in [0.15, 0.2) is 42.6 Å². The molecular formula is C16H17BrN2O. The Balaban J connectivity index is 2.24. The molecular weight excluding hydrogens is 316 g/mol. The maximum atomic E-state index is 12.5. The minimum absolute atomic E-state index is 0.0357. The van der Waals surface area contributed by atoms with Gasteiger partial charge in [0.15, 0.2) is 5.78 Å². The van der Waals surface area contributed by atoms with Gasteiger partial charge in [-0.05, 0) is 35.7 Å². The molecule has 0 radical (unpaired) electrons. The molecule has 2 aromatic rings. The predicted octanol–water partition coefficient (Wildman–Crippen LogP) is 3.94. The monoisotopic (exact) mass is 332 g/mol. The molecule has 0 aliphatic carbocycles. The molecule has 0 aliphatic heterocycles. The molecule has 0 spiro atoms. The second-order valence-electron chi connectivity index (χ2n) is 4.69. The first-order chi connectivity index (χ1) is 9.61. The number of nitrogen functional groups attached to an aromatic ring is 1. The summed E-state index contributed by atoms with van der Waals surface area (Å²) in [5, 5.41) is 0. The zero-order valence-corrected chi connectivity index (χ0v) is 12.9. The van der Waals surface area contributed by atoms with Gasteiger partial charge in [-0.1, -0.05) is 47.5 Å². The number of anilines is 1. The number of benzene rings is 1. The number of ketones is 1. The van der Waals surface area contributed by atoms with E-state index in [1.165, 1.54) is 5.56 Å². The Morgan fingerprint density at radius 2 is 2.15 bits per heavy atom. The highest BCUT2D eigenvalue weighted by Gasteiger charge is 2.19. The van der Waals surface area contributed by atoms with Crippen molar-refractivity contribution in [1.29, 1.82) is 0 Å². The van der Waals surface area contributed by atoms with Crippen LogP contribution in [-0.4, -0.2) is 10.8 Å². The molecule has 3 nitrogen and oxygen atoms in total. The van der Waals surface area contributed by atoms with E-state index in [1.807, 2.05) is 24.3 Å². The van der Waals surface area contributed by atoms with E-state index in [0.29, 0.717) is 11.4 Å². The fraction of sp³-hybridized carbons (Fsp3) is 0.250. The number of aromatic nitrogens is 1. The number of nitrogens with zero attached hydrogens (tertiary/aromatic N) is 1. The van der Waals surface area contributed by atoms with Gasteiger partial charge in [0.1, 0.15) is 10.6 Å². The van der Waals surface area contributed by atoms with E-state index >= 15 is 0 Å². The van der Waals surface area contributed by atoms with Crippen LogP contribution in [0.5, 0.6) is 0 Å². The van der Waals surface area contributed by atoms with Crippen LogP contribution in [0.2, 0.25) is 0 Å². The molecule has 20 heavy (non-hydrogen) atoms. The van der Waals surface area contributed by atoms with Crippen molar-refractivity contribution in [1.82, 2.24) is 4.98 Å². The highest BCUT2D eigenvalue weighted by molar-refractivity contribution is 9.09. The first-order valence-corrected chi connectivity index (χ1v) is 7.52. The molecule has 104 valence electrons. The van der Waals surface area contributed by atoms with Gasteiger partial charge in [-0.15, -0.1) is 0 Å². The quantitative estimate of drug-likeness (QED) is 0.666. The fourth-order valence-electron chi connectivity index (χ4n) is 2.09. The summed E-state index contributed by atoms with van der Waals surface area (Å²) in [7, 11) is 0. The molecule has 1 aromatic heterocycles. The summed E-state index contributed by atoms with van der Waals surface area (Å²) in [5.74, 6) is 0.452. The smallest absolute Gasteiger partial charge is 0.180 e. The second kappa shape index (κ2) is 6.66. The third-order valence-corrected chi connectivity index (χ3v) is 4.02. The van der Waals surface area contributed by atoms with E-state index in [-0.39, 0.29) is 5.78 Å². The van der Waals surface area contributed by atoms with Crippen LogP contribution in [0.25, 0.3) is 0 Å². The Hall–Kier alpha value is -1.68. The molecule has 1 heterocycles. The molecule has 1 aromatic carbocycles. The van der Waals surface area contributed by atoms with Gasteiger partial charge >= 0.3 is 0 Å². The maximum absolute atomic E-state index is 12.5. The van der Waals surface area contributed by atoms with Gasteiger partial charge in [0.25, 0.3) is 0 Å². The summed E-state index contributed by atoms with van der Waals surface area (Å²) < 4.78 is 0. The predicted molar refractivity (Wildman–Crippen MR) is 85.1 cm³/mol. The number of hydrogen-bond donors (Lipinski definition) is 1. The van der Waals surface area contributed by atoms with E-state index in [4.69, 9.17) is 5.73 Å². The third kappa shape index (κ3) is 3.45. The lowest BCUT2D eigenvalue weighted by atomic mass is 10.00. The van der Waals surface area contributed by atoms with Crippen LogP contribution in [0, 0.1) is 0 Å². The van der Waals surface area contributed by atoms with Gasteiger partial charge in [0.05, 0.1) is 0 Å². The van der Waals surface area contributed by atoms with Crippen LogP contribution in [-0.2, 0) is 6.42 Å². The van der Waals surface area contributed by atoms with Gasteiger partial charge in [-0.2, -0.15) is 0 Å². The first kappa shape index (κ1) is 14.7. The number of hydrogen-bond acceptors (Lipinski definition) is 3. The molecule has 0 bridgehead atoms. The number of carbonyl (C=O) groups is 1.